The van der Waals surface area contributed by atoms with Crippen molar-refractivity contribution < 1.29 is 47.1 Å². The molecule has 9 amide bonds. The zero-order chi connectivity index (χ0) is 58.5. The summed E-state index contributed by atoms with van der Waals surface area (Å²) in [6.45, 7) is 5.52. The number of nitrogens with zero attached hydrogens (tertiary/aromatic N) is 9. The molecule has 8 rings (SSSR count). The van der Waals surface area contributed by atoms with Crippen molar-refractivity contribution in [1.29, 1.82) is 0 Å². The molecule has 0 spiro atoms. The molecule has 4 aromatic carbocycles. The Kier molecular flexibility index (Phi) is 22.2. The van der Waals surface area contributed by atoms with E-state index in [-0.39, 0.29) is 114 Å². The maximum atomic E-state index is 14.1. The van der Waals surface area contributed by atoms with Gasteiger partial charge in [0.05, 0.1) is 34.2 Å². The van der Waals surface area contributed by atoms with Crippen molar-refractivity contribution in [3.05, 3.63) is 133 Å². The van der Waals surface area contributed by atoms with E-state index in [1.807, 2.05) is 0 Å². The van der Waals surface area contributed by atoms with Crippen molar-refractivity contribution in [2.75, 3.05) is 18.4 Å². The van der Waals surface area contributed by atoms with Gasteiger partial charge in [0.2, 0.25) is 29.5 Å². The number of hydrogen-bond acceptors (Lipinski definition) is 11. The first kappa shape index (κ1) is 63.1. The van der Waals surface area contributed by atoms with Crippen LogP contribution in [0.2, 0.25) is 10.0 Å². The Hall–Kier alpha value is -8.71. The molecule has 10 N–H and O–H groups in total. The largest absolute Gasteiger partial charge is 0.364 e. The molecule has 2 saturated carbocycles. The van der Waals surface area contributed by atoms with E-state index in [0.717, 1.165) is 12.8 Å². The number of rotatable bonds is 19. The third-order valence-corrected chi connectivity index (χ3v) is 12.8. The average Bonchev–Trinajstić information content (AvgIpc) is 4.37. The molecule has 28 heteroatoms. The number of urea groups is 1. The topological polar surface area (TPSA) is 354 Å². The number of aromatic nitrogens is 4. The van der Waals surface area contributed by atoms with Crippen molar-refractivity contribution >= 4 is 98.1 Å². The van der Waals surface area contributed by atoms with E-state index in [2.05, 4.69) is 41.5 Å². The lowest BCUT2D eigenvalue weighted by atomic mass is 10.1. The van der Waals surface area contributed by atoms with E-state index >= 15 is 0 Å². The first-order valence-electron chi connectivity index (χ1n) is 25.0. The summed E-state index contributed by atoms with van der Waals surface area (Å²) in [5.74, 6) is -5.73. The third kappa shape index (κ3) is 17.4. The molecule has 0 radical (unpaired) electrons. The van der Waals surface area contributed by atoms with Gasteiger partial charge in [-0.1, -0.05) is 54.9 Å². The fourth-order valence-electron chi connectivity index (χ4n) is 7.68. The van der Waals surface area contributed by atoms with Crippen LogP contribution in [0.15, 0.2) is 77.9 Å². The van der Waals surface area contributed by atoms with Crippen LogP contribution in [0.3, 0.4) is 0 Å². The zero-order valence-electron chi connectivity index (χ0n) is 43.8. The summed E-state index contributed by atoms with van der Waals surface area (Å²) >= 11 is 11.5. The molecule has 6 aromatic rings. The summed E-state index contributed by atoms with van der Waals surface area (Å²) in [7, 11) is 0. The number of fused-ring (bicyclic) bond motifs is 2. The number of carbonyl (C=O) groups is 8. The van der Waals surface area contributed by atoms with Gasteiger partial charge in [-0.15, -0.1) is 0 Å². The first-order valence-corrected chi connectivity index (χ1v) is 25.7. The Morgan fingerprint density at radius 3 is 1.57 bits per heavy atom. The Bertz CT molecular complexity index is 3410. The van der Waals surface area contributed by atoms with Crippen LogP contribution >= 0.6 is 23.2 Å². The highest BCUT2D eigenvalue weighted by Gasteiger charge is 2.27. The van der Waals surface area contributed by atoms with Crippen molar-refractivity contribution in [3.63, 3.8) is 0 Å². The highest BCUT2D eigenvalue weighted by Crippen LogP contribution is 2.26. The predicted octanol–water partition coefficient (Wildman–Crippen LogP) is 6.44. The van der Waals surface area contributed by atoms with Gasteiger partial charge in [-0.25, -0.2) is 13.6 Å². The number of anilines is 1. The van der Waals surface area contributed by atoms with Gasteiger partial charge in [-0.05, 0) is 113 Å². The standard InChI is InChI=1S/C26H29ClFN7O4.C23H22ClFN8O4.C3H7N.CH4/c1-14(2)34(12-21(36)30-11-15-4-3-5-19(27)23(15)28)22(37)13-35-20-9-8-17(32-26(39)31-16-6-7-16)10-18(20)24(33-35)25(29)38;1-12(2)32(10-18(34)28-9-14-4-3-5-16(24)20(14)25)19(35)11-33-17-7-6-13(23(37)29-31-27)8-15(17)21(30-33)22(26)36;4-3-1-2-3;/h3-5,8-10,14,16H,6-7,11-13H2,1-2H3,(H2,29,38)(H,30,36)(H2,31,32,39);3-8,12H,9-11H2,1-2H3,(H2,26,36)(H,28,34);3H,1-2,4H2;1H4. The van der Waals surface area contributed by atoms with Crippen molar-refractivity contribution in [1.82, 2.24) is 45.3 Å². The number of hydrogen-bond donors (Lipinski definition) is 7. The second-order valence-corrected chi connectivity index (χ2v) is 19.9. The smallest absolute Gasteiger partial charge is 0.319 e. The number of benzene rings is 4. The van der Waals surface area contributed by atoms with Gasteiger partial charge in [-0.3, -0.25) is 42.9 Å². The minimum Gasteiger partial charge on any atom is -0.364 e. The molecule has 2 aliphatic rings. The molecule has 81 heavy (non-hydrogen) atoms. The normalized spacial score (nSPS) is 12.4. The molecule has 0 unspecified atom stereocenters. The molecule has 2 aliphatic carbocycles. The van der Waals surface area contributed by atoms with Crippen LogP contribution in [0.25, 0.3) is 32.2 Å². The molecule has 0 atom stereocenters. The second-order valence-electron chi connectivity index (χ2n) is 19.1. The van der Waals surface area contributed by atoms with Crippen LogP contribution in [-0.4, -0.2) is 114 Å². The minimum atomic E-state index is -0.891. The summed E-state index contributed by atoms with van der Waals surface area (Å²) in [5.41, 5.74) is 26.1. The van der Waals surface area contributed by atoms with Gasteiger partial charge in [0.1, 0.15) is 24.7 Å². The van der Waals surface area contributed by atoms with Gasteiger partial charge in [0, 0.05) is 75.3 Å². The van der Waals surface area contributed by atoms with Gasteiger partial charge < -0.3 is 48.3 Å². The van der Waals surface area contributed by atoms with Crippen molar-refractivity contribution in [2.45, 2.75) is 111 Å². The van der Waals surface area contributed by atoms with E-state index in [4.69, 9.17) is 45.9 Å². The van der Waals surface area contributed by atoms with Crippen LogP contribution in [0.5, 0.6) is 0 Å². The van der Waals surface area contributed by atoms with Crippen LogP contribution in [-0.2, 0) is 45.4 Å². The lowest BCUT2D eigenvalue weighted by molar-refractivity contribution is -0.138. The third-order valence-electron chi connectivity index (χ3n) is 12.2. The number of halogens is 4. The molecule has 2 aromatic heterocycles. The number of azide groups is 1. The quantitative estimate of drug-likeness (QED) is 0.0263. The summed E-state index contributed by atoms with van der Waals surface area (Å²) < 4.78 is 30.8. The fraction of sp³-hybridized carbons (Fsp3) is 0.358. The number of amides is 9. The maximum Gasteiger partial charge on any atom is 0.319 e. The van der Waals surface area contributed by atoms with Gasteiger partial charge in [0.25, 0.3) is 11.8 Å². The molecule has 0 saturated heterocycles. The van der Waals surface area contributed by atoms with E-state index in [9.17, 15) is 47.1 Å². The Labute approximate surface area is 473 Å². The summed E-state index contributed by atoms with van der Waals surface area (Å²) in [6, 6.07) is 17.5. The molecule has 0 bridgehead atoms. The molecular weight excluding hydrogens is 1100 g/mol. The lowest BCUT2D eigenvalue weighted by Crippen LogP contribution is -2.45. The molecule has 2 fully saturated rings. The van der Waals surface area contributed by atoms with Gasteiger partial charge in [0.15, 0.2) is 11.4 Å². The van der Waals surface area contributed by atoms with Crippen molar-refractivity contribution in [2.24, 2.45) is 22.3 Å². The van der Waals surface area contributed by atoms with E-state index < -0.39 is 53.0 Å². The van der Waals surface area contributed by atoms with Crippen LogP contribution in [0, 0.1) is 11.6 Å². The molecule has 0 aliphatic heterocycles. The number of primary amides is 2. The van der Waals surface area contributed by atoms with Crippen LogP contribution < -0.4 is 38.5 Å². The molecule has 24 nitrogen and oxygen atoms in total. The number of nitrogens with two attached hydrogens (primary N) is 3. The fourth-order valence-corrected chi connectivity index (χ4v) is 8.07. The van der Waals surface area contributed by atoms with Crippen LogP contribution in [0.1, 0.15) is 103 Å². The first-order chi connectivity index (χ1) is 37.9. The molecule has 2 heterocycles. The van der Waals surface area contributed by atoms with E-state index in [1.54, 1.807) is 58.0 Å². The second kappa shape index (κ2) is 28.4. The van der Waals surface area contributed by atoms with Gasteiger partial charge in [-0.2, -0.15) is 10.2 Å². The Balaban J connectivity index is 0.000000275. The minimum absolute atomic E-state index is 0. The average molecular weight is 1160 g/mol. The van der Waals surface area contributed by atoms with E-state index in [0.29, 0.717) is 28.1 Å². The summed E-state index contributed by atoms with van der Waals surface area (Å²) in [4.78, 5) is 105. The summed E-state index contributed by atoms with van der Waals surface area (Å²) in [6.07, 6.45) is 4.41. The number of nitrogens with one attached hydrogen (secondary N) is 4. The highest BCUT2D eigenvalue weighted by atomic mass is 35.5. The lowest BCUT2D eigenvalue weighted by Gasteiger charge is -2.26. The van der Waals surface area contributed by atoms with E-state index in [1.165, 1.54) is 74.5 Å². The number of carbonyl (C=O) groups excluding carboxylic acids is 8. The Morgan fingerprint density at radius 1 is 0.716 bits per heavy atom. The zero-order valence-corrected chi connectivity index (χ0v) is 45.4. The molecular formula is C53H62Cl2F2N16O8. The van der Waals surface area contributed by atoms with Crippen LogP contribution in [0.4, 0.5) is 19.3 Å². The SMILES string of the molecule is C.CC(C)N(CC(=O)NCc1cccc(Cl)c1F)C(=O)Cn1nc(C(N)=O)c2cc(C(=O)N=[N+]=[N-])ccc21.CC(C)N(CC(=O)NCc1cccc(Cl)c1F)C(=O)Cn1nc(C(N)=O)c2cc(NC(=O)NC3CC3)ccc21.NC1CC1. The summed E-state index contributed by atoms with van der Waals surface area (Å²) in [5, 5.41) is 22.5. The predicted molar refractivity (Wildman–Crippen MR) is 299 cm³/mol. The monoisotopic (exact) mass is 1160 g/mol. The van der Waals surface area contributed by atoms with Crippen molar-refractivity contribution in [3.8, 4) is 0 Å². The maximum absolute atomic E-state index is 14.1. The molecule has 430 valence electrons. The van der Waals surface area contributed by atoms with Gasteiger partial charge >= 0.3 is 6.03 Å². The highest BCUT2D eigenvalue weighted by molar-refractivity contribution is 6.31. The Morgan fingerprint density at radius 2 is 1.16 bits per heavy atom.